The highest BCUT2D eigenvalue weighted by atomic mass is 35.5. The summed E-state index contributed by atoms with van der Waals surface area (Å²) in [5.41, 5.74) is 1.97. The van der Waals surface area contributed by atoms with E-state index in [4.69, 9.17) is 16.3 Å². The lowest BCUT2D eigenvalue weighted by molar-refractivity contribution is -0.122. The Bertz CT molecular complexity index is 1310. The van der Waals surface area contributed by atoms with E-state index in [2.05, 4.69) is 15.4 Å². The molecule has 0 radical (unpaired) electrons. The highest BCUT2D eigenvalue weighted by Gasteiger charge is 2.50. The number of carbonyl (C=O) groups is 2. The highest BCUT2D eigenvalue weighted by molar-refractivity contribution is 6.31. The molecule has 4 atom stereocenters. The maximum Gasteiger partial charge on any atom is 0.260 e. The molecule has 0 bridgehead atoms. The molecule has 0 saturated carbocycles. The molecule has 2 amide bonds. The molecule has 3 heterocycles. The molecule has 8 nitrogen and oxygen atoms in total. The van der Waals surface area contributed by atoms with Crippen LogP contribution in [0.15, 0.2) is 60.7 Å². The zero-order valence-corrected chi connectivity index (χ0v) is 19.9. The van der Waals surface area contributed by atoms with Gasteiger partial charge in [-0.25, -0.2) is 9.58 Å². The normalized spacial score (nSPS) is 25.3. The number of hydrogen-bond acceptors (Lipinski definition) is 6. The molecule has 3 aliphatic rings. The second-order valence-electron chi connectivity index (χ2n) is 9.09. The van der Waals surface area contributed by atoms with Crippen molar-refractivity contribution in [1.82, 2.24) is 14.8 Å². The van der Waals surface area contributed by atoms with Crippen LogP contribution < -0.4 is 15.0 Å². The molecule has 3 aromatic rings. The molecule has 0 spiro atoms. The van der Waals surface area contributed by atoms with Gasteiger partial charge in [0.2, 0.25) is 17.8 Å². The second kappa shape index (κ2) is 8.53. The van der Waals surface area contributed by atoms with Gasteiger partial charge < -0.3 is 10.1 Å². The topological polar surface area (TPSA) is 89.4 Å². The molecule has 178 valence electrons. The van der Waals surface area contributed by atoms with Crippen molar-refractivity contribution in [2.24, 2.45) is 11.8 Å². The van der Waals surface area contributed by atoms with Crippen molar-refractivity contribution >= 4 is 35.3 Å². The maximum atomic E-state index is 13.1. The van der Waals surface area contributed by atoms with Crippen molar-refractivity contribution in [3.63, 3.8) is 0 Å². The van der Waals surface area contributed by atoms with Crippen molar-refractivity contribution in [1.29, 1.82) is 0 Å². The lowest BCUT2D eigenvalue weighted by atomic mass is 9.85. The first-order chi connectivity index (χ1) is 17.0. The van der Waals surface area contributed by atoms with Crippen LogP contribution in [0.1, 0.15) is 42.5 Å². The lowest BCUT2D eigenvalue weighted by Gasteiger charge is -2.32. The van der Waals surface area contributed by atoms with Crippen LogP contribution in [-0.2, 0) is 9.59 Å². The summed E-state index contributed by atoms with van der Waals surface area (Å²) >= 11 is 6.60. The van der Waals surface area contributed by atoms with E-state index in [1.54, 1.807) is 11.8 Å². The van der Waals surface area contributed by atoms with Crippen molar-refractivity contribution < 1.29 is 14.3 Å². The Morgan fingerprint density at radius 2 is 1.69 bits per heavy atom. The number of nitrogens with zero attached hydrogens (tertiary/aromatic N) is 4. The van der Waals surface area contributed by atoms with Gasteiger partial charge in [0.25, 0.3) is 5.95 Å². The number of nitrogens with one attached hydrogen (secondary N) is 1. The van der Waals surface area contributed by atoms with Crippen LogP contribution in [-0.4, -0.2) is 33.7 Å². The molecular weight excluding hydrogens is 466 g/mol. The number of imide groups is 1. The Balaban J connectivity index is 1.40. The molecule has 1 aromatic heterocycles. The Morgan fingerprint density at radius 1 is 1.00 bits per heavy atom. The van der Waals surface area contributed by atoms with Crippen LogP contribution in [0.25, 0.3) is 0 Å². The number of carbonyl (C=O) groups excluding carboxylic acids is 2. The maximum absolute atomic E-state index is 13.1. The highest BCUT2D eigenvalue weighted by Crippen LogP contribution is 2.42. The fourth-order valence-electron chi connectivity index (χ4n) is 5.32. The Hall–Kier alpha value is -3.65. The molecule has 6 rings (SSSR count). The minimum atomic E-state index is -0.340. The van der Waals surface area contributed by atoms with E-state index >= 15 is 0 Å². The zero-order chi connectivity index (χ0) is 24.1. The Labute approximate surface area is 207 Å². The van der Waals surface area contributed by atoms with Crippen LogP contribution in [0.4, 0.5) is 11.9 Å². The number of benzene rings is 2. The van der Waals surface area contributed by atoms with E-state index in [1.165, 1.54) is 4.90 Å². The van der Waals surface area contributed by atoms with Crippen LogP contribution in [0.2, 0.25) is 5.02 Å². The number of halogens is 1. The van der Waals surface area contributed by atoms with Gasteiger partial charge in [-0.05, 0) is 48.6 Å². The summed E-state index contributed by atoms with van der Waals surface area (Å²) < 4.78 is 7.05. The summed E-state index contributed by atoms with van der Waals surface area (Å²) in [7, 11) is 1.64. The SMILES string of the molecule is COc1ccc([C@H]2C[C@H](c3ccccc3Cl)n3nc(N4C(=O)[C@H]5CC=CC[C@H]5C4=O)nc3N2)cc1. The quantitative estimate of drug-likeness (QED) is 0.427. The molecule has 0 unspecified atom stereocenters. The van der Waals surface area contributed by atoms with Crippen LogP contribution in [0.3, 0.4) is 0 Å². The number of hydrogen-bond donors (Lipinski definition) is 1. The van der Waals surface area contributed by atoms with E-state index in [0.29, 0.717) is 30.2 Å². The Kier molecular flexibility index (Phi) is 5.33. The Morgan fingerprint density at radius 3 is 2.34 bits per heavy atom. The van der Waals surface area contributed by atoms with Crippen molar-refractivity contribution in [2.75, 3.05) is 17.3 Å². The van der Waals surface area contributed by atoms with Gasteiger partial charge in [-0.2, -0.15) is 4.98 Å². The molecule has 1 saturated heterocycles. The number of methoxy groups -OCH3 is 1. The molecule has 2 aliphatic heterocycles. The fourth-order valence-corrected chi connectivity index (χ4v) is 5.58. The van der Waals surface area contributed by atoms with Gasteiger partial charge >= 0.3 is 0 Å². The summed E-state index contributed by atoms with van der Waals surface area (Å²) in [5, 5.41) is 8.75. The number of ether oxygens (including phenoxy) is 1. The number of allylic oxidation sites excluding steroid dienone is 2. The zero-order valence-electron chi connectivity index (χ0n) is 19.1. The average molecular weight is 490 g/mol. The first kappa shape index (κ1) is 21.9. The van der Waals surface area contributed by atoms with Crippen molar-refractivity contribution in [3.05, 3.63) is 76.8 Å². The average Bonchev–Trinajstić information content (AvgIpc) is 3.42. The molecule has 9 heteroatoms. The van der Waals surface area contributed by atoms with E-state index in [0.717, 1.165) is 16.9 Å². The fraction of sp³-hybridized carbons (Fsp3) is 0.308. The molecule has 1 fully saturated rings. The summed E-state index contributed by atoms with van der Waals surface area (Å²) in [5.74, 6) is 0.246. The standard InChI is InChI=1S/C26H24ClN5O3/c1-35-16-12-10-15(11-13-16)21-14-22(19-8-4-5-9-20(19)27)32-25(28-21)29-26(30-32)31-23(33)17-6-2-3-7-18(17)24(31)34/h2-5,8-13,17-18,21-22H,6-7,14H2,1H3,(H,28,29,30)/t17-,18+,21-,22-/m1/s1. The third kappa shape index (κ3) is 3.60. The number of aromatic nitrogens is 3. The van der Waals surface area contributed by atoms with E-state index in [9.17, 15) is 9.59 Å². The third-order valence-corrected chi connectivity index (χ3v) is 7.51. The first-order valence-corrected chi connectivity index (χ1v) is 12.1. The van der Waals surface area contributed by atoms with Crippen molar-refractivity contribution in [3.8, 4) is 5.75 Å². The van der Waals surface area contributed by atoms with Crippen LogP contribution in [0, 0.1) is 11.8 Å². The molecule has 2 aromatic carbocycles. The van der Waals surface area contributed by atoms with Gasteiger partial charge in [-0.3, -0.25) is 9.59 Å². The van der Waals surface area contributed by atoms with Gasteiger partial charge in [0.05, 0.1) is 31.0 Å². The largest absolute Gasteiger partial charge is 0.497 e. The molecular formula is C26H24ClN5O3. The van der Waals surface area contributed by atoms with Gasteiger partial charge in [-0.1, -0.05) is 54.1 Å². The van der Waals surface area contributed by atoms with Crippen molar-refractivity contribution in [2.45, 2.75) is 31.3 Å². The van der Waals surface area contributed by atoms with Crippen LogP contribution >= 0.6 is 11.6 Å². The number of anilines is 2. The van der Waals surface area contributed by atoms with Crippen LogP contribution in [0.5, 0.6) is 5.75 Å². The predicted molar refractivity (Wildman–Crippen MR) is 131 cm³/mol. The summed E-state index contributed by atoms with van der Waals surface area (Å²) in [6.07, 6.45) is 5.73. The van der Waals surface area contributed by atoms with Gasteiger partial charge in [0.15, 0.2) is 0 Å². The molecule has 35 heavy (non-hydrogen) atoms. The smallest absolute Gasteiger partial charge is 0.260 e. The van der Waals surface area contributed by atoms with Gasteiger partial charge in [-0.15, -0.1) is 5.10 Å². The van der Waals surface area contributed by atoms with E-state index < -0.39 is 0 Å². The summed E-state index contributed by atoms with van der Waals surface area (Å²) in [4.78, 5) is 32.1. The third-order valence-electron chi connectivity index (χ3n) is 7.17. The minimum absolute atomic E-state index is 0.0801. The monoisotopic (exact) mass is 489 g/mol. The van der Waals surface area contributed by atoms with Gasteiger partial charge in [0.1, 0.15) is 5.75 Å². The number of rotatable bonds is 4. The molecule has 1 aliphatic carbocycles. The summed E-state index contributed by atoms with van der Waals surface area (Å²) in [6, 6.07) is 15.2. The number of amides is 2. The summed E-state index contributed by atoms with van der Waals surface area (Å²) in [6.45, 7) is 0. The number of fused-ring (bicyclic) bond motifs is 2. The second-order valence-corrected chi connectivity index (χ2v) is 9.50. The first-order valence-electron chi connectivity index (χ1n) is 11.7. The predicted octanol–water partition coefficient (Wildman–Crippen LogP) is 4.54. The molecule has 1 N–H and O–H groups in total. The van der Waals surface area contributed by atoms with E-state index in [-0.39, 0.29) is 41.7 Å². The lowest BCUT2D eigenvalue weighted by Crippen LogP contribution is -2.32. The minimum Gasteiger partial charge on any atom is -0.497 e. The van der Waals surface area contributed by atoms with E-state index in [1.807, 2.05) is 60.7 Å². The van der Waals surface area contributed by atoms with Gasteiger partial charge in [0, 0.05) is 5.02 Å².